The van der Waals surface area contributed by atoms with Crippen molar-refractivity contribution in [2.45, 2.75) is 6.04 Å². The first-order valence-electron chi connectivity index (χ1n) is 8.85. The normalized spacial score (nSPS) is 13.7. The Bertz CT molecular complexity index is 855. The molecule has 0 aliphatic carbocycles. The summed E-state index contributed by atoms with van der Waals surface area (Å²) >= 11 is 0. The first kappa shape index (κ1) is 19.6. The topological polar surface area (TPSA) is 79.9 Å². The molecule has 0 radical (unpaired) electrons. The summed E-state index contributed by atoms with van der Waals surface area (Å²) in [6.45, 7) is 1.11. The first-order chi connectivity index (χ1) is 13.4. The van der Waals surface area contributed by atoms with E-state index in [-0.39, 0.29) is 18.4 Å². The van der Waals surface area contributed by atoms with E-state index in [1.807, 2.05) is 19.0 Å². The average Bonchev–Trinajstić information content (AvgIpc) is 2.69. The molecule has 2 aromatic rings. The van der Waals surface area contributed by atoms with Crippen LogP contribution in [0.4, 0.5) is 10.1 Å². The number of carbonyl (C=O) groups is 2. The highest BCUT2D eigenvalue weighted by Gasteiger charge is 2.20. The molecule has 0 fully saturated rings. The maximum atomic E-state index is 13.1. The number of ether oxygens (including phenoxy) is 2. The van der Waals surface area contributed by atoms with E-state index in [1.54, 1.807) is 30.3 Å². The highest BCUT2D eigenvalue weighted by atomic mass is 19.1. The minimum Gasteiger partial charge on any atom is -0.486 e. The number of nitrogens with zero attached hydrogens (tertiary/aromatic N) is 1. The molecule has 7 nitrogen and oxygen atoms in total. The summed E-state index contributed by atoms with van der Waals surface area (Å²) in [6.07, 6.45) is 0. The van der Waals surface area contributed by atoms with Gasteiger partial charge in [-0.05, 0) is 43.9 Å². The summed E-state index contributed by atoms with van der Waals surface area (Å²) < 4.78 is 24.0. The van der Waals surface area contributed by atoms with Gasteiger partial charge in [-0.25, -0.2) is 4.39 Å². The molecular formula is C20H22FN3O4. The van der Waals surface area contributed by atoms with Crippen molar-refractivity contribution in [3.05, 3.63) is 53.8 Å². The minimum absolute atomic E-state index is 0.200. The Balaban J connectivity index is 1.58. The van der Waals surface area contributed by atoms with Crippen molar-refractivity contribution in [3.63, 3.8) is 0 Å². The number of carbonyl (C=O) groups excluding carboxylic acids is 2. The molecule has 8 heteroatoms. The van der Waals surface area contributed by atoms with Crippen LogP contribution in [-0.2, 0) is 9.59 Å². The van der Waals surface area contributed by atoms with Crippen LogP contribution in [0, 0.1) is 5.82 Å². The molecule has 0 saturated carbocycles. The lowest BCUT2D eigenvalue weighted by Gasteiger charge is -2.25. The van der Waals surface area contributed by atoms with Crippen LogP contribution in [0.2, 0.25) is 0 Å². The van der Waals surface area contributed by atoms with Gasteiger partial charge in [-0.15, -0.1) is 0 Å². The third kappa shape index (κ3) is 4.77. The van der Waals surface area contributed by atoms with Crippen molar-refractivity contribution in [1.29, 1.82) is 0 Å². The van der Waals surface area contributed by atoms with Crippen LogP contribution in [0.3, 0.4) is 0 Å². The Kier molecular flexibility index (Phi) is 6.10. The largest absolute Gasteiger partial charge is 0.486 e. The number of hydrogen-bond acceptors (Lipinski definition) is 5. The molecule has 148 valence electrons. The lowest BCUT2D eigenvalue weighted by molar-refractivity contribution is -0.136. The summed E-state index contributed by atoms with van der Waals surface area (Å²) in [5.41, 5.74) is 1.27. The quantitative estimate of drug-likeness (QED) is 0.767. The highest BCUT2D eigenvalue weighted by molar-refractivity contribution is 6.39. The fraction of sp³-hybridized carbons (Fsp3) is 0.300. The van der Waals surface area contributed by atoms with Crippen molar-refractivity contribution in [1.82, 2.24) is 10.2 Å². The van der Waals surface area contributed by atoms with E-state index in [1.165, 1.54) is 12.1 Å². The van der Waals surface area contributed by atoms with Gasteiger partial charge in [0.25, 0.3) is 0 Å². The monoisotopic (exact) mass is 387 g/mol. The van der Waals surface area contributed by atoms with Gasteiger partial charge < -0.3 is 25.0 Å². The number of amides is 2. The van der Waals surface area contributed by atoms with E-state index < -0.39 is 11.8 Å². The molecule has 1 aliphatic heterocycles. The number of benzene rings is 2. The van der Waals surface area contributed by atoms with Crippen molar-refractivity contribution in [2.24, 2.45) is 0 Å². The minimum atomic E-state index is -0.784. The van der Waals surface area contributed by atoms with Crippen molar-refractivity contribution in [3.8, 4) is 11.5 Å². The second-order valence-electron chi connectivity index (χ2n) is 6.55. The van der Waals surface area contributed by atoms with Crippen molar-refractivity contribution >= 4 is 17.5 Å². The molecule has 2 aromatic carbocycles. The molecule has 3 rings (SSSR count). The van der Waals surface area contributed by atoms with Gasteiger partial charge in [0.05, 0.1) is 6.04 Å². The Morgan fingerprint density at radius 1 is 1.04 bits per heavy atom. The molecule has 2 N–H and O–H groups in total. The van der Waals surface area contributed by atoms with E-state index >= 15 is 0 Å². The smallest absolute Gasteiger partial charge is 0.313 e. The van der Waals surface area contributed by atoms with Gasteiger partial charge in [0, 0.05) is 18.3 Å². The van der Waals surface area contributed by atoms with Gasteiger partial charge in [0.15, 0.2) is 11.5 Å². The maximum Gasteiger partial charge on any atom is 0.313 e. The lowest BCUT2D eigenvalue weighted by Crippen LogP contribution is -2.40. The standard InChI is InChI=1S/C20H22FN3O4/c1-24(2)16(13-3-5-14(21)6-4-13)12-22-19(25)20(26)23-15-7-8-17-18(11-15)28-10-9-27-17/h3-8,11,16H,9-10,12H2,1-2H3,(H,22,25)(H,23,26)/t16-/m0/s1. The van der Waals surface area contributed by atoms with E-state index in [9.17, 15) is 14.0 Å². The van der Waals surface area contributed by atoms with E-state index in [0.29, 0.717) is 30.4 Å². The molecule has 0 spiro atoms. The second kappa shape index (κ2) is 8.71. The second-order valence-corrected chi connectivity index (χ2v) is 6.55. The molecule has 2 amide bonds. The predicted molar refractivity (Wildman–Crippen MR) is 102 cm³/mol. The zero-order chi connectivity index (χ0) is 20.1. The zero-order valence-corrected chi connectivity index (χ0v) is 15.7. The Morgan fingerprint density at radius 2 is 1.71 bits per heavy atom. The van der Waals surface area contributed by atoms with Gasteiger partial charge >= 0.3 is 11.8 Å². The van der Waals surface area contributed by atoms with Crippen molar-refractivity contribution < 1.29 is 23.5 Å². The Hall–Kier alpha value is -3.13. The molecule has 1 aliphatic rings. The van der Waals surface area contributed by atoms with Crippen LogP contribution in [0.5, 0.6) is 11.5 Å². The number of likely N-dealkylation sites (N-methyl/N-ethyl adjacent to an activating group) is 1. The maximum absolute atomic E-state index is 13.1. The first-order valence-corrected chi connectivity index (χ1v) is 8.85. The number of rotatable bonds is 5. The summed E-state index contributed by atoms with van der Waals surface area (Å²) in [4.78, 5) is 26.3. The van der Waals surface area contributed by atoms with E-state index in [2.05, 4.69) is 10.6 Å². The average molecular weight is 387 g/mol. The van der Waals surface area contributed by atoms with Gasteiger partial charge in [-0.3, -0.25) is 9.59 Å². The van der Waals surface area contributed by atoms with Gasteiger partial charge in [-0.1, -0.05) is 12.1 Å². The molecule has 0 saturated heterocycles. The number of hydrogen-bond donors (Lipinski definition) is 2. The molecule has 1 atom stereocenters. The van der Waals surface area contributed by atoms with Gasteiger partial charge in [-0.2, -0.15) is 0 Å². The van der Waals surface area contributed by atoms with Crippen LogP contribution < -0.4 is 20.1 Å². The predicted octanol–water partition coefficient (Wildman–Crippen LogP) is 1.95. The molecule has 28 heavy (non-hydrogen) atoms. The third-order valence-corrected chi connectivity index (χ3v) is 4.34. The molecule has 0 aromatic heterocycles. The van der Waals surface area contributed by atoms with E-state index in [4.69, 9.17) is 9.47 Å². The number of anilines is 1. The number of nitrogens with one attached hydrogen (secondary N) is 2. The Labute approximate surface area is 162 Å². The van der Waals surface area contributed by atoms with Gasteiger partial charge in [0.2, 0.25) is 0 Å². The Morgan fingerprint density at radius 3 is 2.39 bits per heavy atom. The SMILES string of the molecule is CN(C)[C@@H](CNC(=O)C(=O)Nc1ccc2c(c1)OCCO2)c1ccc(F)cc1. The van der Waals surface area contributed by atoms with Crippen LogP contribution in [0.1, 0.15) is 11.6 Å². The molecule has 1 heterocycles. The highest BCUT2D eigenvalue weighted by Crippen LogP contribution is 2.32. The van der Waals surface area contributed by atoms with Gasteiger partial charge in [0.1, 0.15) is 19.0 Å². The van der Waals surface area contributed by atoms with Crippen LogP contribution in [0.15, 0.2) is 42.5 Å². The summed E-state index contributed by atoms with van der Waals surface area (Å²) in [5, 5.41) is 5.16. The van der Waals surface area contributed by atoms with Crippen LogP contribution in [0.25, 0.3) is 0 Å². The summed E-state index contributed by atoms with van der Waals surface area (Å²) in [7, 11) is 3.69. The van der Waals surface area contributed by atoms with Crippen LogP contribution in [-0.4, -0.2) is 50.6 Å². The van der Waals surface area contributed by atoms with E-state index in [0.717, 1.165) is 5.56 Å². The van der Waals surface area contributed by atoms with Crippen molar-refractivity contribution in [2.75, 3.05) is 39.2 Å². The summed E-state index contributed by atoms with van der Waals surface area (Å²) in [5.74, 6) is -0.753. The number of halogens is 1. The third-order valence-electron chi connectivity index (χ3n) is 4.34. The molecular weight excluding hydrogens is 365 g/mol. The zero-order valence-electron chi connectivity index (χ0n) is 15.7. The number of fused-ring (bicyclic) bond motifs is 1. The molecule has 0 bridgehead atoms. The lowest BCUT2D eigenvalue weighted by atomic mass is 10.1. The van der Waals surface area contributed by atoms with Crippen LogP contribution >= 0.6 is 0 Å². The fourth-order valence-electron chi connectivity index (χ4n) is 2.86. The summed E-state index contributed by atoms with van der Waals surface area (Å²) in [6, 6.07) is 10.8. The molecule has 0 unspecified atom stereocenters. The fourth-order valence-corrected chi connectivity index (χ4v) is 2.86.